The summed E-state index contributed by atoms with van der Waals surface area (Å²) >= 11 is 5.89. The summed E-state index contributed by atoms with van der Waals surface area (Å²) in [5.74, 6) is 0.393. The normalized spacial score (nSPS) is 13.9. The molecule has 1 atom stereocenters. The van der Waals surface area contributed by atoms with Crippen molar-refractivity contribution in [2.75, 3.05) is 6.61 Å². The lowest BCUT2D eigenvalue weighted by Gasteiger charge is -2.30. The number of para-hydroxylation sites is 1. The Morgan fingerprint density at radius 3 is 1.94 bits per heavy atom. The minimum atomic E-state index is -4.97. The molecule has 0 spiro atoms. The maximum atomic E-state index is 13.8. The Bertz CT molecular complexity index is 1040. The molecule has 0 amide bonds. The minimum absolute atomic E-state index is 0.203. The van der Waals surface area contributed by atoms with Gasteiger partial charge in [-0.15, -0.1) is 24.8 Å². The standard InChI is InChI=1S/C23H17ClF6O3/c24-21(22(25,26)27,17-9-11-19(12-10-17)33-23(28,29)30)15-31-14-16-5-4-8-20(13-16)32-18-6-2-1-3-7-18/h1-13H,14-15H2. The molecule has 3 aromatic carbocycles. The van der Waals surface area contributed by atoms with Gasteiger partial charge in [0.1, 0.15) is 17.2 Å². The SMILES string of the molecule is FC(F)(F)Oc1ccc(C(Cl)(COCc2cccc(Oc3ccccc3)c2)C(F)(F)F)cc1. The fourth-order valence-corrected chi connectivity index (χ4v) is 3.09. The molecule has 0 aliphatic rings. The molecule has 0 heterocycles. The molecule has 0 aliphatic heterocycles. The summed E-state index contributed by atoms with van der Waals surface area (Å²) in [7, 11) is 0. The summed E-state index contributed by atoms with van der Waals surface area (Å²) in [5, 5.41) is 0. The Labute approximate surface area is 190 Å². The Kier molecular flexibility index (Phi) is 7.44. The van der Waals surface area contributed by atoms with Crippen LogP contribution in [0.1, 0.15) is 11.1 Å². The molecular formula is C23H17ClF6O3. The molecule has 0 radical (unpaired) electrons. The molecule has 1 unspecified atom stereocenters. The number of halogens is 7. The van der Waals surface area contributed by atoms with Crippen LogP contribution < -0.4 is 9.47 Å². The molecule has 3 rings (SSSR count). The van der Waals surface area contributed by atoms with E-state index in [4.69, 9.17) is 21.1 Å². The summed E-state index contributed by atoms with van der Waals surface area (Å²) in [4.78, 5) is -2.97. The van der Waals surface area contributed by atoms with Gasteiger partial charge in [-0.25, -0.2) is 0 Å². The Morgan fingerprint density at radius 2 is 1.33 bits per heavy atom. The number of hydrogen-bond acceptors (Lipinski definition) is 3. The summed E-state index contributed by atoms with van der Waals surface area (Å²) in [6, 6.07) is 18.7. The van der Waals surface area contributed by atoms with Gasteiger partial charge >= 0.3 is 12.5 Å². The molecule has 3 nitrogen and oxygen atoms in total. The predicted molar refractivity (Wildman–Crippen MR) is 109 cm³/mol. The van der Waals surface area contributed by atoms with E-state index in [2.05, 4.69) is 4.74 Å². The van der Waals surface area contributed by atoms with Crippen LogP contribution in [0.25, 0.3) is 0 Å². The fourth-order valence-electron chi connectivity index (χ4n) is 2.88. The van der Waals surface area contributed by atoms with Crippen molar-refractivity contribution >= 4 is 11.6 Å². The maximum Gasteiger partial charge on any atom is 0.573 e. The summed E-state index contributed by atoms with van der Waals surface area (Å²) in [6.07, 6.45) is -9.91. The first-order valence-electron chi connectivity index (χ1n) is 9.48. The van der Waals surface area contributed by atoms with Crippen LogP contribution in [0.5, 0.6) is 17.2 Å². The van der Waals surface area contributed by atoms with Gasteiger partial charge in [-0.1, -0.05) is 42.5 Å². The van der Waals surface area contributed by atoms with Crippen molar-refractivity contribution in [2.24, 2.45) is 0 Å². The molecule has 10 heteroatoms. The monoisotopic (exact) mass is 490 g/mol. The minimum Gasteiger partial charge on any atom is -0.457 e. The van der Waals surface area contributed by atoms with Crippen LogP contribution in [0.4, 0.5) is 26.3 Å². The highest BCUT2D eigenvalue weighted by Crippen LogP contribution is 2.45. The Hall–Kier alpha value is -2.91. The molecule has 0 aromatic heterocycles. The zero-order valence-corrected chi connectivity index (χ0v) is 17.5. The highest BCUT2D eigenvalue weighted by atomic mass is 35.5. The number of rotatable bonds is 8. The van der Waals surface area contributed by atoms with E-state index in [9.17, 15) is 26.3 Å². The number of ether oxygens (including phenoxy) is 3. The van der Waals surface area contributed by atoms with Gasteiger partial charge in [-0.3, -0.25) is 0 Å². The molecule has 0 fully saturated rings. The average Bonchev–Trinajstić information content (AvgIpc) is 2.73. The first kappa shape index (κ1) is 24.7. The van der Waals surface area contributed by atoms with E-state index in [1.807, 2.05) is 6.07 Å². The molecule has 0 N–H and O–H groups in total. The van der Waals surface area contributed by atoms with Gasteiger partial charge < -0.3 is 14.2 Å². The quantitative estimate of drug-likeness (QED) is 0.240. The van der Waals surface area contributed by atoms with Crippen molar-refractivity contribution in [2.45, 2.75) is 24.0 Å². The summed E-state index contributed by atoms with van der Waals surface area (Å²) < 4.78 is 92.7. The highest BCUT2D eigenvalue weighted by molar-refractivity contribution is 6.24. The van der Waals surface area contributed by atoms with E-state index >= 15 is 0 Å². The molecule has 33 heavy (non-hydrogen) atoms. The van der Waals surface area contributed by atoms with Crippen LogP contribution in [0, 0.1) is 0 Å². The lowest BCUT2D eigenvalue weighted by atomic mass is 9.98. The number of hydrogen-bond donors (Lipinski definition) is 0. The van der Waals surface area contributed by atoms with Gasteiger partial charge in [0.05, 0.1) is 13.2 Å². The van der Waals surface area contributed by atoms with Crippen LogP contribution >= 0.6 is 11.6 Å². The lowest BCUT2D eigenvalue weighted by Crippen LogP contribution is -2.41. The van der Waals surface area contributed by atoms with Crippen LogP contribution in [0.3, 0.4) is 0 Å². The molecule has 0 saturated carbocycles. The third-order valence-electron chi connectivity index (χ3n) is 4.44. The van der Waals surface area contributed by atoms with Crippen molar-refractivity contribution in [1.82, 2.24) is 0 Å². The van der Waals surface area contributed by atoms with E-state index < -0.39 is 35.3 Å². The smallest absolute Gasteiger partial charge is 0.457 e. The van der Waals surface area contributed by atoms with Gasteiger partial charge in [0, 0.05) is 0 Å². The van der Waals surface area contributed by atoms with Gasteiger partial charge in [0.2, 0.25) is 0 Å². The molecular weight excluding hydrogens is 474 g/mol. The van der Waals surface area contributed by atoms with Crippen LogP contribution in [0.15, 0.2) is 78.9 Å². The average molecular weight is 491 g/mol. The van der Waals surface area contributed by atoms with Gasteiger partial charge in [0.15, 0.2) is 4.87 Å². The molecule has 0 aliphatic carbocycles. The lowest BCUT2D eigenvalue weighted by molar-refractivity contribution is -0.274. The van der Waals surface area contributed by atoms with Crippen molar-refractivity contribution in [3.63, 3.8) is 0 Å². The van der Waals surface area contributed by atoms with Gasteiger partial charge in [-0.05, 0) is 47.5 Å². The summed E-state index contributed by atoms with van der Waals surface area (Å²) in [5.41, 5.74) is 0.0610. The predicted octanol–water partition coefficient (Wildman–Crippen LogP) is 7.59. The zero-order chi connectivity index (χ0) is 24.1. The van der Waals surface area contributed by atoms with Crippen molar-refractivity contribution in [3.05, 3.63) is 90.0 Å². The number of benzene rings is 3. The van der Waals surface area contributed by atoms with Crippen molar-refractivity contribution in [1.29, 1.82) is 0 Å². The first-order chi connectivity index (χ1) is 15.5. The second-order valence-corrected chi connectivity index (χ2v) is 7.57. The van der Waals surface area contributed by atoms with Crippen LogP contribution in [-0.4, -0.2) is 19.1 Å². The Morgan fingerprint density at radius 1 is 0.697 bits per heavy atom. The van der Waals surface area contributed by atoms with E-state index in [0.717, 1.165) is 24.3 Å². The number of alkyl halides is 7. The first-order valence-corrected chi connectivity index (χ1v) is 9.86. The van der Waals surface area contributed by atoms with Crippen LogP contribution in [0.2, 0.25) is 0 Å². The maximum absolute atomic E-state index is 13.8. The van der Waals surface area contributed by atoms with E-state index in [-0.39, 0.29) is 6.61 Å². The topological polar surface area (TPSA) is 27.7 Å². The van der Waals surface area contributed by atoms with Crippen molar-refractivity contribution < 1.29 is 40.6 Å². The second-order valence-electron chi connectivity index (χ2n) is 6.93. The fraction of sp³-hybridized carbons (Fsp3) is 0.217. The Balaban J connectivity index is 1.69. The van der Waals surface area contributed by atoms with E-state index in [1.165, 1.54) is 0 Å². The second kappa shape index (κ2) is 9.93. The van der Waals surface area contributed by atoms with E-state index in [1.54, 1.807) is 48.5 Å². The van der Waals surface area contributed by atoms with Gasteiger partial charge in [-0.2, -0.15) is 13.2 Å². The highest BCUT2D eigenvalue weighted by Gasteiger charge is 2.55. The van der Waals surface area contributed by atoms with Crippen molar-refractivity contribution in [3.8, 4) is 17.2 Å². The third-order valence-corrected chi connectivity index (χ3v) is 4.98. The van der Waals surface area contributed by atoms with Gasteiger partial charge in [0.25, 0.3) is 0 Å². The largest absolute Gasteiger partial charge is 0.573 e. The molecule has 0 saturated heterocycles. The molecule has 3 aromatic rings. The van der Waals surface area contributed by atoms with E-state index in [0.29, 0.717) is 17.1 Å². The third kappa shape index (κ3) is 6.79. The molecule has 0 bridgehead atoms. The zero-order valence-electron chi connectivity index (χ0n) is 16.8. The van der Waals surface area contributed by atoms with Crippen LogP contribution in [-0.2, 0) is 16.2 Å². The molecule has 176 valence electrons. The summed E-state index contributed by atoms with van der Waals surface area (Å²) in [6.45, 7) is -1.17.